The van der Waals surface area contributed by atoms with Crippen molar-refractivity contribution in [2.24, 2.45) is 0 Å². The van der Waals surface area contributed by atoms with Crippen LogP contribution in [-0.2, 0) is 0 Å². The summed E-state index contributed by atoms with van der Waals surface area (Å²) in [4.78, 5) is 12.2. The lowest BCUT2D eigenvalue weighted by Crippen LogP contribution is -1.96. The number of halogens is 2. The predicted octanol–water partition coefficient (Wildman–Crippen LogP) is 6.06. The third kappa shape index (κ3) is 4.43. The summed E-state index contributed by atoms with van der Waals surface area (Å²) >= 11 is 3.27. The van der Waals surface area contributed by atoms with Crippen molar-refractivity contribution in [1.82, 2.24) is 0 Å². The van der Waals surface area contributed by atoms with E-state index in [2.05, 4.69) is 21.2 Å². The summed E-state index contributed by atoms with van der Waals surface area (Å²) in [5.74, 6) is -0.429. The van der Waals surface area contributed by atoms with E-state index >= 15 is 0 Å². The first-order valence-corrected chi connectivity index (χ1v) is 8.51. The first kappa shape index (κ1) is 17.1. The molecule has 25 heavy (non-hydrogen) atoms. The molecular formula is C21H15BrFNO. The Morgan fingerprint density at radius 3 is 2.28 bits per heavy atom. The van der Waals surface area contributed by atoms with E-state index in [9.17, 15) is 9.18 Å². The number of allylic oxidation sites excluding steroid dienone is 1. The summed E-state index contributed by atoms with van der Waals surface area (Å²) in [6, 6.07) is 21.8. The van der Waals surface area contributed by atoms with Crippen molar-refractivity contribution in [2.45, 2.75) is 0 Å². The van der Waals surface area contributed by atoms with Gasteiger partial charge < -0.3 is 5.32 Å². The van der Waals surface area contributed by atoms with E-state index in [1.807, 2.05) is 54.6 Å². The van der Waals surface area contributed by atoms with E-state index in [4.69, 9.17) is 0 Å². The van der Waals surface area contributed by atoms with Gasteiger partial charge in [-0.05, 0) is 45.3 Å². The van der Waals surface area contributed by atoms with Gasteiger partial charge >= 0.3 is 0 Å². The van der Waals surface area contributed by atoms with Gasteiger partial charge in [0.25, 0.3) is 0 Å². The molecule has 3 aromatic carbocycles. The van der Waals surface area contributed by atoms with E-state index in [-0.39, 0.29) is 11.6 Å². The number of hydrogen-bond acceptors (Lipinski definition) is 2. The van der Waals surface area contributed by atoms with E-state index < -0.39 is 0 Å². The maximum Gasteiger partial charge on any atom is 0.187 e. The predicted molar refractivity (Wildman–Crippen MR) is 103 cm³/mol. The van der Waals surface area contributed by atoms with E-state index in [0.29, 0.717) is 15.7 Å². The minimum Gasteiger partial charge on any atom is -0.361 e. The van der Waals surface area contributed by atoms with Crippen molar-refractivity contribution in [3.05, 3.63) is 101 Å². The van der Waals surface area contributed by atoms with Gasteiger partial charge in [-0.3, -0.25) is 4.79 Å². The molecule has 2 nitrogen and oxygen atoms in total. The van der Waals surface area contributed by atoms with Crippen LogP contribution in [0.1, 0.15) is 10.4 Å². The van der Waals surface area contributed by atoms with Gasteiger partial charge in [-0.25, -0.2) is 4.39 Å². The fourth-order valence-electron chi connectivity index (χ4n) is 2.37. The van der Waals surface area contributed by atoms with Crippen molar-refractivity contribution >= 4 is 27.4 Å². The minimum atomic E-state index is -0.323. The molecule has 0 aliphatic heterocycles. The lowest BCUT2D eigenvalue weighted by molar-refractivity contribution is 0.104. The van der Waals surface area contributed by atoms with Crippen LogP contribution in [0.3, 0.4) is 0 Å². The van der Waals surface area contributed by atoms with Gasteiger partial charge in [0.15, 0.2) is 5.78 Å². The summed E-state index contributed by atoms with van der Waals surface area (Å²) in [5, 5.41) is 2.96. The lowest BCUT2D eigenvalue weighted by Gasteiger charge is -2.04. The molecule has 0 heterocycles. The average Bonchev–Trinajstić information content (AvgIpc) is 2.64. The van der Waals surface area contributed by atoms with Crippen molar-refractivity contribution in [3.8, 4) is 11.1 Å². The normalized spacial score (nSPS) is 10.8. The van der Waals surface area contributed by atoms with Gasteiger partial charge in [-0.1, -0.05) is 54.6 Å². The number of ketones is 1. The van der Waals surface area contributed by atoms with Crippen LogP contribution in [0.4, 0.5) is 10.1 Å². The molecule has 0 aliphatic rings. The van der Waals surface area contributed by atoms with Crippen molar-refractivity contribution in [3.63, 3.8) is 0 Å². The minimum absolute atomic E-state index is 0.106. The number of benzene rings is 3. The number of anilines is 1. The summed E-state index contributed by atoms with van der Waals surface area (Å²) in [5.41, 5.74) is 3.47. The Morgan fingerprint density at radius 1 is 0.920 bits per heavy atom. The Hall–Kier alpha value is -2.72. The second-order valence-electron chi connectivity index (χ2n) is 5.41. The van der Waals surface area contributed by atoms with Crippen LogP contribution in [0.5, 0.6) is 0 Å². The fourth-order valence-corrected chi connectivity index (χ4v) is 2.83. The zero-order valence-corrected chi connectivity index (χ0v) is 14.8. The molecular weight excluding hydrogens is 381 g/mol. The van der Waals surface area contributed by atoms with Crippen LogP contribution in [0, 0.1) is 5.82 Å². The molecule has 0 saturated carbocycles. The Labute approximate surface area is 154 Å². The van der Waals surface area contributed by atoms with E-state index in [1.54, 1.807) is 12.3 Å². The van der Waals surface area contributed by atoms with Crippen LogP contribution in [0.15, 0.2) is 89.5 Å². The third-order valence-corrected chi connectivity index (χ3v) is 4.34. The molecule has 0 radical (unpaired) electrons. The molecule has 0 saturated heterocycles. The van der Waals surface area contributed by atoms with E-state index in [1.165, 1.54) is 18.2 Å². The maximum atomic E-state index is 13.0. The maximum absolute atomic E-state index is 13.0. The quantitative estimate of drug-likeness (QED) is 0.419. The molecule has 0 aliphatic carbocycles. The molecule has 0 fully saturated rings. The lowest BCUT2D eigenvalue weighted by atomic mass is 10.0. The summed E-state index contributed by atoms with van der Waals surface area (Å²) in [6.45, 7) is 0. The Bertz CT molecular complexity index is 905. The first-order valence-electron chi connectivity index (χ1n) is 7.71. The first-order chi connectivity index (χ1) is 12.1. The highest BCUT2D eigenvalue weighted by atomic mass is 79.9. The second kappa shape index (κ2) is 7.90. The Balaban J connectivity index is 1.67. The topological polar surface area (TPSA) is 29.1 Å². The average molecular weight is 396 g/mol. The Morgan fingerprint density at radius 2 is 1.60 bits per heavy atom. The van der Waals surface area contributed by atoms with Crippen LogP contribution in [0.2, 0.25) is 0 Å². The van der Waals surface area contributed by atoms with Gasteiger partial charge in [0.1, 0.15) is 5.82 Å². The smallest absolute Gasteiger partial charge is 0.187 e. The largest absolute Gasteiger partial charge is 0.361 e. The van der Waals surface area contributed by atoms with Crippen LogP contribution < -0.4 is 5.32 Å². The standard InChI is InChI=1S/C21H15BrFNO/c22-19-14-18(23)10-11-20(19)24-13-12-21(25)17-8-6-16(7-9-17)15-4-2-1-3-5-15/h1-14,24H. The highest BCUT2D eigenvalue weighted by molar-refractivity contribution is 9.10. The van der Waals surface area contributed by atoms with Gasteiger partial charge in [-0.15, -0.1) is 0 Å². The second-order valence-corrected chi connectivity index (χ2v) is 6.26. The molecule has 0 bridgehead atoms. The number of nitrogens with one attached hydrogen (secondary N) is 1. The van der Waals surface area contributed by atoms with Crippen LogP contribution >= 0.6 is 15.9 Å². The van der Waals surface area contributed by atoms with Gasteiger partial charge in [0.2, 0.25) is 0 Å². The summed E-state index contributed by atoms with van der Waals surface area (Å²) < 4.78 is 13.6. The van der Waals surface area contributed by atoms with Crippen molar-refractivity contribution in [1.29, 1.82) is 0 Å². The molecule has 0 amide bonds. The zero-order chi connectivity index (χ0) is 17.6. The monoisotopic (exact) mass is 395 g/mol. The number of hydrogen-bond donors (Lipinski definition) is 1. The number of carbonyl (C=O) groups is 1. The SMILES string of the molecule is O=C(C=CNc1ccc(F)cc1Br)c1ccc(-c2ccccc2)cc1. The third-order valence-electron chi connectivity index (χ3n) is 3.68. The highest BCUT2D eigenvalue weighted by Crippen LogP contribution is 2.23. The van der Waals surface area contributed by atoms with Gasteiger partial charge in [0, 0.05) is 22.3 Å². The summed E-state index contributed by atoms with van der Waals surface area (Å²) in [7, 11) is 0. The molecule has 3 aromatic rings. The van der Waals surface area contributed by atoms with Crippen LogP contribution in [-0.4, -0.2) is 5.78 Å². The summed E-state index contributed by atoms with van der Waals surface area (Å²) in [6.07, 6.45) is 3.00. The molecule has 0 atom stereocenters. The number of carbonyl (C=O) groups excluding carboxylic acids is 1. The molecule has 0 unspecified atom stereocenters. The molecule has 3 rings (SSSR count). The van der Waals surface area contributed by atoms with Crippen molar-refractivity contribution in [2.75, 3.05) is 5.32 Å². The molecule has 0 spiro atoms. The zero-order valence-electron chi connectivity index (χ0n) is 13.2. The van der Waals surface area contributed by atoms with Crippen molar-refractivity contribution < 1.29 is 9.18 Å². The molecule has 1 N–H and O–H groups in total. The molecule has 124 valence electrons. The molecule has 0 aromatic heterocycles. The van der Waals surface area contributed by atoms with Crippen LogP contribution in [0.25, 0.3) is 11.1 Å². The van der Waals surface area contributed by atoms with Gasteiger partial charge in [0.05, 0.1) is 5.69 Å². The highest BCUT2D eigenvalue weighted by Gasteiger charge is 2.03. The fraction of sp³-hybridized carbons (Fsp3) is 0. The van der Waals surface area contributed by atoms with E-state index in [0.717, 1.165) is 11.1 Å². The number of rotatable bonds is 5. The Kier molecular flexibility index (Phi) is 5.41. The molecule has 4 heteroatoms. The van der Waals surface area contributed by atoms with Gasteiger partial charge in [-0.2, -0.15) is 0 Å².